The molecule has 3 fully saturated rings. The summed E-state index contributed by atoms with van der Waals surface area (Å²) in [4.78, 5) is 24.3. The van der Waals surface area contributed by atoms with Crippen LogP contribution in [-0.4, -0.2) is 71.4 Å². The number of pyridine rings is 1. The van der Waals surface area contributed by atoms with E-state index in [1.807, 2.05) is 12.4 Å². The van der Waals surface area contributed by atoms with Crippen molar-refractivity contribution in [2.45, 2.75) is 51.5 Å². The van der Waals surface area contributed by atoms with Gasteiger partial charge in [-0.2, -0.15) is 0 Å². The Morgan fingerprint density at radius 2 is 1.54 bits per heavy atom. The number of aromatic nitrogens is 1. The minimum absolute atomic E-state index is 0.235. The molecular formula is C23H36N4O. The van der Waals surface area contributed by atoms with Crippen molar-refractivity contribution in [1.29, 1.82) is 0 Å². The van der Waals surface area contributed by atoms with E-state index in [0.29, 0.717) is 5.91 Å². The van der Waals surface area contributed by atoms with Crippen molar-refractivity contribution in [1.82, 2.24) is 19.7 Å². The smallest absolute Gasteiger partial charge is 0.225 e. The van der Waals surface area contributed by atoms with E-state index in [-0.39, 0.29) is 5.92 Å². The first-order valence-corrected chi connectivity index (χ1v) is 11.4. The summed E-state index contributed by atoms with van der Waals surface area (Å²) >= 11 is 0. The lowest BCUT2D eigenvalue weighted by molar-refractivity contribution is -0.139. The van der Waals surface area contributed by atoms with Gasteiger partial charge < -0.3 is 4.90 Å². The molecule has 1 aliphatic carbocycles. The van der Waals surface area contributed by atoms with Gasteiger partial charge in [0.25, 0.3) is 0 Å². The third kappa shape index (κ3) is 5.32. The van der Waals surface area contributed by atoms with Gasteiger partial charge in [-0.25, -0.2) is 0 Å². The lowest BCUT2D eigenvalue weighted by Crippen LogP contribution is -2.52. The molecule has 0 atom stereocenters. The van der Waals surface area contributed by atoms with Crippen LogP contribution in [0.2, 0.25) is 0 Å². The molecule has 1 aromatic rings. The zero-order valence-corrected chi connectivity index (χ0v) is 17.3. The maximum atomic E-state index is 13.0. The summed E-state index contributed by atoms with van der Waals surface area (Å²) in [7, 11) is 0. The number of piperidine rings is 1. The first-order chi connectivity index (χ1) is 13.8. The summed E-state index contributed by atoms with van der Waals surface area (Å²) in [5.74, 6) is 1.56. The highest BCUT2D eigenvalue weighted by Gasteiger charge is 2.31. The first-order valence-electron chi connectivity index (χ1n) is 11.4. The van der Waals surface area contributed by atoms with Crippen LogP contribution in [0.4, 0.5) is 0 Å². The molecule has 4 rings (SSSR count). The Labute approximate surface area is 170 Å². The third-order valence-corrected chi connectivity index (χ3v) is 7.02. The SMILES string of the molecule is O=C(C1CCN(Cc2ccncc2)CC1)N1CCN(CC2CCCCC2)CC1. The zero-order valence-electron chi connectivity index (χ0n) is 17.3. The molecule has 0 spiro atoms. The fraction of sp³-hybridized carbons (Fsp3) is 0.739. The highest BCUT2D eigenvalue weighted by molar-refractivity contribution is 5.79. The van der Waals surface area contributed by atoms with Gasteiger partial charge in [0.2, 0.25) is 5.91 Å². The Bertz CT molecular complexity index is 600. The fourth-order valence-corrected chi connectivity index (χ4v) is 5.23. The van der Waals surface area contributed by atoms with Crippen molar-refractivity contribution in [2.75, 3.05) is 45.8 Å². The molecule has 2 saturated heterocycles. The summed E-state index contributed by atoms with van der Waals surface area (Å²) in [6.45, 7) is 8.30. The molecule has 0 bridgehead atoms. The number of likely N-dealkylation sites (tertiary alicyclic amines) is 1. The normalized spacial score (nSPS) is 23.8. The largest absolute Gasteiger partial charge is 0.340 e. The molecule has 5 heteroatoms. The molecule has 1 amide bonds. The Morgan fingerprint density at radius 1 is 0.857 bits per heavy atom. The van der Waals surface area contributed by atoms with Gasteiger partial charge in [0, 0.05) is 57.6 Å². The summed E-state index contributed by atoms with van der Waals surface area (Å²) < 4.78 is 0. The van der Waals surface area contributed by atoms with Crippen molar-refractivity contribution in [3.05, 3.63) is 30.1 Å². The topological polar surface area (TPSA) is 39.7 Å². The van der Waals surface area contributed by atoms with Gasteiger partial charge in [-0.1, -0.05) is 19.3 Å². The second kappa shape index (κ2) is 9.84. The summed E-state index contributed by atoms with van der Waals surface area (Å²) in [5.41, 5.74) is 1.31. The van der Waals surface area contributed by atoms with Gasteiger partial charge in [0.05, 0.1) is 0 Å². The molecule has 154 valence electrons. The van der Waals surface area contributed by atoms with Crippen molar-refractivity contribution in [3.8, 4) is 0 Å². The number of nitrogens with zero attached hydrogens (tertiary/aromatic N) is 4. The van der Waals surface area contributed by atoms with Crippen LogP contribution in [0.1, 0.15) is 50.5 Å². The molecule has 3 aliphatic rings. The molecule has 1 aromatic heterocycles. The van der Waals surface area contributed by atoms with Crippen molar-refractivity contribution < 1.29 is 4.79 Å². The van der Waals surface area contributed by atoms with E-state index in [1.165, 1.54) is 44.2 Å². The third-order valence-electron chi connectivity index (χ3n) is 7.02. The lowest BCUT2D eigenvalue weighted by atomic mass is 9.89. The minimum atomic E-state index is 0.235. The average Bonchev–Trinajstić information content (AvgIpc) is 2.76. The molecule has 28 heavy (non-hydrogen) atoms. The van der Waals surface area contributed by atoms with E-state index in [2.05, 4.69) is 31.8 Å². The standard InChI is InChI=1S/C23H36N4O/c28-23(22-8-12-25(13-9-22)19-21-6-10-24-11-7-21)27-16-14-26(15-17-27)18-20-4-2-1-3-5-20/h6-7,10-11,20,22H,1-5,8-9,12-19H2. The number of piperazine rings is 1. The molecule has 3 heterocycles. The molecule has 0 unspecified atom stereocenters. The Hall–Kier alpha value is -1.46. The van der Waals surface area contributed by atoms with Crippen LogP contribution < -0.4 is 0 Å². The molecule has 1 saturated carbocycles. The van der Waals surface area contributed by atoms with E-state index in [1.54, 1.807) is 0 Å². The summed E-state index contributed by atoms with van der Waals surface area (Å²) in [6.07, 6.45) is 12.8. The zero-order chi connectivity index (χ0) is 19.2. The minimum Gasteiger partial charge on any atom is -0.340 e. The number of rotatable bonds is 5. The second-order valence-corrected chi connectivity index (χ2v) is 9.04. The maximum Gasteiger partial charge on any atom is 0.225 e. The maximum absolute atomic E-state index is 13.0. The van der Waals surface area contributed by atoms with Crippen molar-refractivity contribution in [2.24, 2.45) is 11.8 Å². The van der Waals surface area contributed by atoms with Gasteiger partial charge in [-0.3, -0.25) is 19.6 Å². The highest BCUT2D eigenvalue weighted by Crippen LogP contribution is 2.25. The van der Waals surface area contributed by atoms with E-state index in [4.69, 9.17) is 0 Å². The van der Waals surface area contributed by atoms with Crippen LogP contribution in [0.25, 0.3) is 0 Å². The van der Waals surface area contributed by atoms with E-state index >= 15 is 0 Å². The van der Waals surface area contributed by atoms with Gasteiger partial charge in [0.1, 0.15) is 0 Å². The Kier molecular flexibility index (Phi) is 6.97. The van der Waals surface area contributed by atoms with Crippen LogP contribution in [0.15, 0.2) is 24.5 Å². The van der Waals surface area contributed by atoms with E-state index in [0.717, 1.165) is 64.6 Å². The predicted octanol–water partition coefficient (Wildman–Crippen LogP) is 3.02. The van der Waals surface area contributed by atoms with Gasteiger partial charge in [-0.05, 0) is 62.4 Å². The van der Waals surface area contributed by atoms with Gasteiger partial charge in [0.15, 0.2) is 0 Å². The summed E-state index contributed by atoms with van der Waals surface area (Å²) in [5, 5.41) is 0. The molecule has 0 N–H and O–H groups in total. The molecule has 0 radical (unpaired) electrons. The van der Waals surface area contributed by atoms with Crippen molar-refractivity contribution in [3.63, 3.8) is 0 Å². The number of carbonyl (C=O) groups excluding carboxylic acids is 1. The number of hydrogen-bond donors (Lipinski definition) is 0. The number of amides is 1. The van der Waals surface area contributed by atoms with Gasteiger partial charge >= 0.3 is 0 Å². The van der Waals surface area contributed by atoms with Crippen LogP contribution >= 0.6 is 0 Å². The monoisotopic (exact) mass is 384 g/mol. The van der Waals surface area contributed by atoms with Crippen LogP contribution in [0.5, 0.6) is 0 Å². The molecule has 2 aliphatic heterocycles. The van der Waals surface area contributed by atoms with Crippen molar-refractivity contribution >= 4 is 5.91 Å². The highest BCUT2D eigenvalue weighted by atomic mass is 16.2. The predicted molar refractivity (Wildman–Crippen MR) is 112 cm³/mol. The van der Waals surface area contributed by atoms with Crippen LogP contribution in [0.3, 0.4) is 0 Å². The Morgan fingerprint density at radius 3 is 2.21 bits per heavy atom. The molecule has 0 aromatic carbocycles. The van der Waals surface area contributed by atoms with E-state index < -0.39 is 0 Å². The van der Waals surface area contributed by atoms with Crippen LogP contribution in [0, 0.1) is 11.8 Å². The number of carbonyl (C=O) groups is 1. The number of hydrogen-bond acceptors (Lipinski definition) is 4. The van der Waals surface area contributed by atoms with Crippen LogP contribution in [-0.2, 0) is 11.3 Å². The fourth-order valence-electron chi connectivity index (χ4n) is 5.23. The first kappa shape index (κ1) is 19.8. The summed E-state index contributed by atoms with van der Waals surface area (Å²) in [6, 6.07) is 4.17. The van der Waals surface area contributed by atoms with E-state index in [9.17, 15) is 4.79 Å². The lowest BCUT2D eigenvalue weighted by Gasteiger charge is -2.40. The van der Waals surface area contributed by atoms with Gasteiger partial charge in [-0.15, -0.1) is 0 Å². The quantitative estimate of drug-likeness (QED) is 0.782. The average molecular weight is 385 g/mol. The second-order valence-electron chi connectivity index (χ2n) is 9.04. The molecule has 5 nitrogen and oxygen atoms in total. The Balaban J connectivity index is 1.17. The molecular weight excluding hydrogens is 348 g/mol.